The van der Waals surface area contributed by atoms with Gasteiger partial charge in [-0.25, -0.2) is 0 Å². The van der Waals surface area contributed by atoms with Crippen LogP contribution >= 0.6 is 0 Å². The molecule has 0 heterocycles. The molecule has 0 spiro atoms. The summed E-state index contributed by atoms with van der Waals surface area (Å²) < 4.78 is 5.91. The minimum Gasteiger partial charge on any atom is -0.493 e. The second kappa shape index (κ2) is 15.1. The molecule has 29 heavy (non-hydrogen) atoms. The lowest BCUT2D eigenvalue weighted by molar-refractivity contribution is 0.112. The van der Waals surface area contributed by atoms with Crippen LogP contribution in [0.1, 0.15) is 107 Å². The summed E-state index contributed by atoms with van der Waals surface area (Å²) in [5.41, 5.74) is 0.675. The van der Waals surface area contributed by atoms with Crippen molar-refractivity contribution in [3.63, 3.8) is 0 Å². The summed E-state index contributed by atoms with van der Waals surface area (Å²) in [5, 5.41) is 2.06. The SMILES string of the molecule is CCCCCCCCCCCCCCCCOc1ccc2ccccc2c1C=O. The van der Waals surface area contributed by atoms with Crippen molar-refractivity contribution in [2.45, 2.75) is 96.8 Å². The molecule has 0 atom stereocenters. The van der Waals surface area contributed by atoms with Crippen LogP contribution in [0.2, 0.25) is 0 Å². The normalized spacial score (nSPS) is 11.1. The van der Waals surface area contributed by atoms with E-state index in [9.17, 15) is 4.79 Å². The van der Waals surface area contributed by atoms with E-state index in [2.05, 4.69) is 6.92 Å². The molecule has 160 valence electrons. The smallest absolute Gasteiger partial charge is 0.154 e. The van der Waals surface area contributed by atoms with Crippen LogP contribution in [0.4, 0.5) is 0 Å². The molecule has 2 nitrogen and oxygen atoms in total. The predicted molar refractivity (Wildman–Crippen MR) is 125 cm³/mol. The van der Waals surface area contributed by atoms with E-state index in [0.717, 1.165) is 23.5 Å². The molecule has 0 saturated carbocycles. The Kier molecular flexibility index (Phi) is 12.2. The molecule has 0 radical (unpaired) electrons. The van der Waals surface area contributed by atoms with Crippen molar-refractivity contribution in [1.82, 2.24) is 0 Å². The van der Waals surface area contributed by atoms with Gasteiger partial charge in [0.05, 0.1) is 12.2 Å². The second-order valence-electron chi connectivity index (χ2n) is 8.26. The second-order valence-corrected chi connectivity index (χ2v) is 8.26. The van der Waals surface area contributed by atoms with E-state index >= 15 is 0 Å². The molecule has 0 aliphatic heterocycles. The number of ether oxygens (including phenoxy) is 1. The van der Waals surface area contributed by atoms with E-state index in [4.69, 9.17) is 4.74 Å². The highest BCUT2D eigenvalue weighted by Crippen LogP contribution is 2.26. The lowest BCUT2D eigenvalue weighted by Gasteiger charge is -2.10. The molecule has 2 aromatic rings. The highest BCUT2D eigenvalue weighted by atomic mass is 16.5. The third kappa shape index (κ3) is 9.02. The number of hydrogen-bond acceptors (Lipinski definition) is 2. The highest BCUT2D eigenvalue weighted by molar-refractivity contribution is 6.00. The van der Waals surface area contributed by atoms with Gasteiger partial charge in [0.1, 0.15) is 5.75 Å². The third-order valence-corrected chi connectivity index (χ3v) is 5.80. The first kappa shape index (κ1) is 23.4. The number of carbonyl (C=O) groups is 1. The number of benzene rings is 2. The van der Waals surface area contributed by atoms with Crippen LogP contribution in [0.5, 0.6) is 5.75 Å². The van der Waals surface area contributed by atoms with Gasteiger partial charge in [-0.3, -0.25) is 4.79 Å². The number of unbranched alkanes of at least 4 members (excludes halogenated alkanes) is 13. The molecule has 0 aromatic heterocycles. The number of carbonyl (C=O) groups excluding carboxylic acids is 1. The molecule has 2 heteroatoms. The maximum Gasteiger partial charge on any atom is 0.154 e. The number of rotatable bonds is 17. The molecule has 0 saturated heterocycles. The fraction of sp³-hybridized carbons (Fsp3) is 0.593. The van der Waals surface area contributed by atoms with Crippen LogP contribution in [0, 0.1) is 0 Å². The summed E-state index contributed by atoms with van der Waals surface area (Å²) in [4.78, 5) is 11.5. The molecular weight excluding hydrogens is 356 g/mol. The Morgan fingerprint density at radius 3 is 1.83 bits per heavy atom. The quantitative estimate of drug-likeness (QED) is 0.198. The van der Waals surface area contributed by atoms with Gasteiger partial charge in [0.15, 0.2) is 6.29 Å². The van der Waals surface area contributed by atoms with Gasteiger partial charge in [0.25, 0.3) is 0 Å². The minimum atomic E-state index is 0.675. The van der Waals surface area contributed by atoms with Crippen LogP contribution < -0.4 is 4.74 Å². The zero-order valence-electron chi connectivity index (χ0n) is 18.5. The average molecular weight is 397 g/mol. The maximum atomic E-state index is 11.5. The first-order valence-electron chi connectivity index (χ1n) is 12.0. The fourth-order valence-corrected chi connectivity index (χ4v) is 4.00. The van der Waals surface area contributed by atoms with Crippen LogP contribution in [0.25, 0.3) is 10.8 Å². The topological polar surface area (TPSA) is 26.3 Å². The Bertz CT molecular complexity index is 692. The molecule has 0 amide bonds. The van der Waals surface area contributed by atoms with E-state index < -0.39 is 0 Å². The minimum absolute atomic E-state index is 0.675. The maximum absolute atomic E-state index is 11.5. The first-order chi connectivity index (χ1) is 14.4. The van der Waals surface area contributed by atoms with Crippen molar-refractivity contribution < 1.29 is 9.53 Å². The molecule has 0 fully saturated rings. The van der Waals surface area contributed by atoms with E-state index in [0.29, 0.717) is 17.9 Å². The monoisotopic (exact) mass is 396 g/mol. The summed E-state index contributed by atoms with van der Waals surface area (Å²) in [6, 6.07) is 11.9. The molecular formula is C27H40O2. The lowest BCUT2D eigenvalue weighted by Crippen LogP contribution is -2.00. The van der Waals surface area contributed by atoms with Crippen molar-refractivity contribution in [1.29, 1.82) is 0 Å². The fourth-order valence-electron chi connectivity index (χ4n) is 4.00. The Balaban J connectivity index is 1.48. The van der Waals surface area contributed by atoms with Crippen molar-refractivity contribution in [2.24, 2.45) is 0 Å². The standard InChI is InChI=1S/C27H40O2/c1-2-3-4-5-6-7-8-9-10-11-12-13-14-17-22-29-27-21-20-24-18-15-16-19-25(24)26(27)23-28/h15-16,18-21,23H,2-14,17,22H2,1H3. The predicted octanol–water partition coefficient (Wildman–Crippen LogP) is 8.51. The van der Waals surface area contributed by atoms with Crippen molar-refractivity contribution >= 4 is 17.1 Å². The Morgan fingerprint density at radius 1 is 0.690 bits per heavy atom. The molecule has 0 bridgehead atoms. The van der Waals surface area contributed by atoms with E-state index in [-0.39, 0.29) is 0 Å². The van der Waals surface area contributed by atoms with Gasteiger partial charge in [0.2, 0.25) is 0 Å². The van der Waals surface area contributed by atoms with Crippen LogP contribution in [-0.4, -0.2) is 12.9 Å². The van der Waals surface area contributed by atoms with Crippen LogP contribution in [0.3, 0.4) is 0 Å². The molecule has 0 aliphatic carbocycles. The average Bonchev–Trinajstić information content (AvgIpc) is 2.76. The number of aldehydes is 1. The van der Waals surface area contributed by atoms with E-state index in [1.54, 1.807) is 0 Å². The Hall–Kier alpha value is -1.83. The molecule has 2 rings (SSSR count). The highest BCUT2D eigenvalue weighted by Gasteiger charge is 2.07. The van der Waals surface area contributed by atoms with Gasteiger partial charge in [-0.05, 0) is 23.3 Å². The first-order valence-corrected chi connectivity index (χ1v) is 12.0. The molecule has 0 N–H and O–H groups in total. The van der Waals surface area contributed by atoms with Gasteiger partial charge in [-0.2, -0.15) is 0 Å². The van der Waals surface area contributed by atoms with Crippen molar-refractivity contribution in [3.05, 3.63) is 42.0 Å². The lowest BCUT2D eigenvalue weighted by atomic mass is 10.0. The van der Waals surface area contributed by atoms with Gasteiger partial charge in [-0.1, -0.05) is 121 Å². The molecule has 0 aliphatic rings. The Morgan fingerprint density at radius 2 is 1.24 bits per heavy atom. The zero-order chi connectivity index (χ0) is 20.6. The number of hydrogen-bond donors (Lipinski definition) is 0. The summed E-state index contributed by atoms with van der Waals surface area (Å²) in [6.45, 7) is 2.97. The van der Waals surface area contributed by atoms with Gasteiger partial charge >= 0.3 is 0 Å². The van der Waals surface area contributed by atoms with E-state index in [1.807, 2.05) is 36.4 Å². The van der Waals surface area contributed by atoms with Crippen LogP contribution in [-0.2, 0) is 0 Å². The summed E-state index contributed by atoms with van der Waals surface area (Å²) in [6.07, 6.45) is 19.9. The largest absolute Gasteiger partial charge is 0.493 e. The Labute approximate surface area is 178 Å². The van der Waals surface area contributed by atoms with Gasteiger partial charge in [-0.15, -0.1) is 0 Å². The van der Waals surface area contributed by atoms with Crippen molar-refractivity contribution in [3.8, 4) is 5.75 Å². The summed E-state index contributed by atoms with van der Waals surface area (Å²) >= 11 is 0. The van der Waals surface area contributed by atoms with Crippen LogP contribution in [0.15, 0.2) is 36.4 Å². The van der Waals surface area contributed by atoms with E-state index in [1.165, 1.54) is 83.5 Å². The zero-order valence-corrected chi connectivity index (χ0v) is 18.5. The number of fused-ring (bicyclic) bond motifs is 1. The van der Waals surface area contributed by atoms with Crippen molar-refractivity contribution in [2.75, 3.05) is 6.61 Å². The third-order valence-electron chi connectivity index (χ3n) is 5.80. The summed E-state index contributed by atoms with van der Waals surface area (Å²) in [5.74, 6) is 0.716. The van der Waals surface area contributed by atoms with Gasteiger partial charge < -0.3 is 4.74 Å². The summed E-state index contributed by atoms with van der Waals surface area (Å²) in [7, 11) is 0. The molecule has 2 aromatic carbocycles. The molecule has 0 unspecified atom stereocenters. The van der Waals surface area contributed by atoms with Gasteiger partial charge in [0, 0.05) is 0 Å².